The molecule has 86 valence electrons. The highest BCUT2D eigenvalue weighted by atomic mass is 32.2. The van der Waals surface area contributed by atoms with Gasteiger partial charge in [-0.2, -0.15) is 4.72 Å². The van der Waals surface area contributed by atoms with Gasteiger partial charge in [0.05, 0.1) is 5.69 Å². The molecule has 0 unspecified atom stereocenters. The van der Waals surface area contributed by atoms with Crippen molar-refractivity contribution in [2.75, 3.05) is 11.4 Å². The topological polar surface area (TPSA) is 49.4 Å². The Labute approximate surface area is 95.3 Å². The third kappa shape index (κ3) is 1.21. The highest BCUT2D eigenvalue weighted by Crippen LogP contribution is 2.40. The molecule has 1 atom stereocenters. The first-order valence-corrected chi connectivity index (χ1v) is 6.92. The predicted octanol–water partition coefficient (Wildman–Crippen LogP) is 1.29. The fourth-order valence-electron chi connectivity index (χ4n) is 2.71. The average molecular weight is 238 g/mol. The van der Waals surface area contributed by atoms with Gasteiger partial charge >= 0.3 is 0 Å². The fraction of sp³-hybridized carbons (Fsp3) is 0.455. The lowest BCUT2D eigenvalue weighted by molar-refractivity contribution is 0.418. The second-order valence-corrected chi connectivity index (χ2v) is 6.25. The van der Waals surface area contributed by atoms with Crippen LogP contribution in [0.2, 0.25) is 0 Å². The van der Waals surface area contributed by atoms with Crippen molar-refractivity contribution in [1.29, 1.82) is 0 Å². The van der Waals surface area contributed by atoms with Gasteiger partial charge in [-0.1, -0.05) is 12.1 Å². The summed E-state index contributed by atoms with van der Waals surface area (Å²) < 4.78 is 27.0. The molecule has 5 heteroatoms. The SMILES string of the molecule is C[C@]12CCCN1c1ccccc1S(=O)(=O)N2. The molecule has 1 aromatic rings. The fourth-order valence-corrected chi connectivity index (χ4v) is 4.32. The van der Waals surface area contributed by atoms with Gasteiger partial charge in [0.25, 0.3) is 0 Å². The van der Waals surface area contributed by atoms with E-state index in [0.717, 1.165) is 25.1 Å². The first kappa shape index (κ1) is 10.1. The summed E-state index contributed by atoms with van der Waals surface area (Å²) in [5.41, 5.74) is 0.397. The Morgan fingerprint density at radius 3 is 2.94 bits per heavy atom. The number of hydrogen-bond donors (Lipinski definition) is 1. The molecule has 0 aliphatic carbocycles. The van der Waals surface area contributed by atoms with E-state index in [-0.39, 0.29) is 0 Å². The molecular formula is C11H14N2O2S. The summed E-state index contributed by atoms with van der Waals surface area (Å²) >= 11 is 0. The number of nitrogens with one attached hydrogen (secondary N) is 1. The van der Waals surface area contributed by atoms with Crippen LogP contribution in [0.4, 0.5) is 5.69 Å². The monoisotopic (exact) mass is 238 g/mol. The average Bonchev–Trinajstić information content (AvgIpc) is 2.59. The molecule has 16 heavy (non-hydrogen) atoms. The molecule has 1 saturated heterocycles. The summed E-state index contributed by atoms with van der Waals surface area (Å²) in [6, 6.07) is 7.20. The summed E-state index contributed by atoms with van der Waals surface area (Å²) in [7, 11) is -3.35. The zero-order valence-electron chi connectivity index (χ0n) is 9.10. The Morgan fingerprint density at radius 2 is 2.12 bits per heavy atom. The van der Waals surface area contributed by atoms with Crippen molar-refractivity contribution in [2.45, 2.75) is 30.3 Å². The molecule has 0 aromatic heterocycles. The van der Waals surface area contributed by atoms with Gasteiger partial charge in [-0.3, -0.25) is 0 Å². The summed E-state index contributed by atoms with van der Waals surface area (Å²) in [4.78, 5) is 2.55. The van der Waals surface area contributed by atoms with E-state index in [1.165, 1.54) is 0 Å². The standard InChI is InChI=1S/C11H14N2O2S/c1-11-7-4-8-13(11)9-5-2-3-6-10(9)16(14,15)12-11/h2-3,5-6,12H,4,7-8H2,1H3/t11-/m1/s1. The van der Waals surface area contributed by atoms with E-state index in [2.05, 4.69) is 9.62 Å². The molecule has 3 rings (SSSR count). The van der Waals surface area contributed by atoms with Crippen LogP contribution in [-0.4, -0.2) is 20.6 Å². The number of benzene rings is 1. The maximum Gasteiger partial charge on any atom is 0.244 e. The molecule has 0 saturated carbocycles. The van der Waals surface area contributed by atoms with Gasteiger partial charge in [0.2, 0.25) is 10.0 Å². The molecule has 1 aromatic carbocycles. The molecule has 2 aliphatic heterocycles. The minimum absolute atomic E-state index is 0.398. The minimum Gasteiger partial charge on any atom is -0.352 e. The van der Waals surface area contributed by atoms with E-state index >= 15 is 0 Å². The van der Waals surface area contributed by atoms with Crippen LogP contribution in [-0.2, 0) is 10.0 Å². The summed E-state index contributed by atoms with van der Waals surface area (Å²) in [5.74, 6) is 0. The van der Waals surface area contributed by atoms with E-state index in [1.54, 1.807) is 12.1 Å². The molecule has 0 spiro atoms. The minimum atomic E-state index is -3.35. The number of nitrogens with zero attached hydrogens (tertiary/aromatic N) is 1. The van der Waals surface area contributed by atoms with Crippen molar-refractivity contribution in [3.05, 3.63) is 24.3 Å². The van der Waals surface area contributed by atoms with E-state index in [9.17, 15) is 8.42 Å². The third-order valence-corrected chi connectivity index (χ3v) is 5.07. The molecule has 2 aliphatic rings. The Balaban J connectivity index is 2.27. The van der Waals surface area contributed by atoms with E-state index < -0.39 is 15.7 Å². The lowest BCUT2D eigenvalue weighted by atomic mass is 10.1. The van der Waals surface area contributed by atoms with E-state index in [1.807, 2.05) is 19.1 Å². The molecular weight excluding hydrogens is 224 g/mol. The van der Waals surface area contributed by atoms with Crippen molar-refractivity contribution < 1.29 is 8.42 Å². The number of anilines is 1. The van der Waals surface area contributed by atoms with Gasteiger partial charge in [0.1, 0.15) is 10.6 Å². The molecule has 0 bridgehead atoms. The number of fused-ring (bicyclic) bond motifs is 3. The van der Waals surface area contributed by atoms with Crippen LogP contribution in [0.1, 0.15) is 19.8 Å². The molecule has 0 radical (unpaired) electrons. The summed E-state index contributed by atoms with van der Waals surface area (Å²) in [6.45, 7) is 2.86. The number of sulfonamides is 1. The van der Waals surface area contributed by atoms with Crippen LogP contribution in [0.3, 0.4) is 0 Å². The van der Waals surface area contributed by atoms with Gasteiger partial charge < -0.3 is 4.90 Å². The smallest absolute Gasteiger partial charge is 0.244 e. The van der Waals surface area contributed by atoms with Crippen LogP contribution < -0.4 is 9.62 Å². The highest BCUT2D eigenvalue weighted by Gasteiger charge is 2.45. The van der Waals surface area contributed by atoms with Gasteiger partial charge in [-0.25, -0.2) is 8.42 Å². The molecule has 1 fully saturated rings. The largest absolute Gasteiger partial charge is 0.352 e. The van der Waals surface area contributed by atoms with Gasteiger partial charge in [-0.15, -0.1) is 0 Å². The maximum absolute atomic E-state index is 12.1. The van der Waals surface area contributed by atoms with Crippen molar-refractivity contribution in [2.24, 2.45) is 0 Å². The summed E-state index contributed by atoms with van der Waals surface area (Å²) in [6.07, 6.45) is 1.88. The Morgan fingerprint density at radius 1 is 1.38 bits per heavy atom. The van der Waals surface area contributed by atoms with Crippen LogP contribution >= 0.6 is 0 Å². The van der Waals surface area contributed by atoms with Crippen LogP contribution in [0.5, 0.6) is 0 Å². The van der Waals surface area contributed by atoms with Gasteiger partial charge in [0, 0.05) is 6.54 Å². The quantitative estimate of drug-likeness (QED) is 0.741. The van der Waals surface area contributed by atoms with E-state index in [0.29, 0.717) is 4.90 Å². The zero-order chi connectivity index (χ0) is 11.4. The lowest BCUT2D eigenvalue weighted by Gasteiger charge is -2.42. The molecule has 0 amide bonds. The molecule has 4 nitrogen and oxygen atoms in total. The Bertz CT molecular complexity index is 541. The first-order chi connectivity index (χ1) is 7.53. The summed E-state index contributed by atoms with van der Waals surface area (Å²) in [5, 5.41) is 0. The first-order valence-electron chi connectivity index (χ1n) is 5.44. The maximum atomic E-state index is 12.1. The Hall–Kier alpha value is -1.07. The number of rotatable bonds is 0. The van der Waals surface area contributed by atoms with Crippen LogP contribution in [0, 0.1) is 0 Å². The van der Waals surface area contributed by atoms with Gasteiger partial charge in [0.15, 0.2) is 0 Å². The van der Waals surface area contributed by atoms with Crippen molar-refractivity contribution in [1.82, 2.24) is 4.72 Å². The third-order valence-electron chi connectivity index (χ3n) is 3.44. The number of para-hydroxylation sites is 1. The Kier molecular flexibility index (Phi) is 1.89. The normalized spacial score (nSPS) is 30.9. The van der Waals surface area contributed by atoms with Crippen molar-refractivity contribution in [3.8, 4) is 0 Å². The highest BCUT2D eigenvalue weighted by molar-refractivity contribution is 7.89. The van der Waals surface area contributed by atoms with Crippen LogP contribution in [0.15, 0.2) is 29.2 Å². The van der Waals surface area contributed by atoms with Crippen LogP contribution in [0.25, 0.3) is 0 Å². The van der Waals surface area contributed by atoms with E-state index in [4.69, 9.17) is 0 Å². The second kappa shape index (κ2) is 2.99. The van der Waals surface area contributed by atoms with Crippen molar-refractivity contribution in [3.63, 3.8) is 0 Å². The zero-order valence-corrected chi connectivity index (χ0v) is 9.92. The second-order valence-electron chi connectivity index (χ2n) is 4.60. The molecule has 2 heterocycles. The van der Waals surface area contributed by atoms with Gasteiger partial charge in [-0.05, 0) is 31.9 Å². The lowest BCUT2D eigenvalue weighted by Crippen LogP contribution is -2.58. The number of hydrogen-bond acceptors (Lipinski definition) is 3. The molecule has 1 N–H and O–H groups in total. The van der Waals surface area contributed by atoms with Crippen molar-refractivity contribution >= 4 is 15.7 Å². The predicted molar refractivity (Wildman–Crippen MR) is 61.7 cm³/mol.